The van der Waals surface area contributed by atoms with Crippen LogP contribution in [0.15, 0.2) is 48.2 Å². The molecule has 3 rings (SSSR count). The van der Waals surface area contributed by atoms with E-state index in [2.05, 4.69) is 5.43 Å². The molecular weight excluding hydrogens is 216 g/mol. The van der Waals surface area contributed by atoms with Crippen molar-refractivity contribution in [3.05, 3.63) is 58.6 Å². The van der Waals surface area contributed by atoms with E-state index in [1.54, 1.807) is 17.3 Å². The third-order valence-corrected chi connectivity index (χ3v) is 2.79. The van der Waals surface area contributed by atoms with Crippen LogP contribution in [0.5, 0.6) is 0 Å². The molecule has 1 aromatic carbocycles. The molecule has 0 atom stereocenters. The number of hydrogen-bond acceptors (Lipinski definition) is 3. The van der Waals surface area contributed by atoms with Crippen LogP contribution in [-0.2, 0) is 4.79 Å². The Morgan fingerprint density at radius 2 is 2.06 bits per heavy atom. The maximum absolute atomic E-state index is 10.9. The maximum atomic E-state index is 10.9. The lowest BCUT2D eigenvalue weighted by Gasteiger charge is -2.27. The fraction of sp³-hybridized carbons (Fsp3) is 0. The van der Waals surface area contributed by atoms with Gasteiger partial charge in [-0.3, -0.25) is 5.01 Å². The molecule has 17 heavy (non-hydrogen) atoms. The Bertz CT molecular complexity index is 671. The second-order valence-corrected chi connectivity index (χ2v) is 3.84. The van der Waals surface area contributed by atoms with Crippen molar-refractivity contribution in [2.24, 2.45) is 0 Å². The summed E-state index contributed by atoms with van der Waals surface area (Å²) in [6, 6.07) is 7.96. The van der Waals surface area contributed by atoms with E-state index in [1.165, 1.54) is 0 Å². The van der Waals surface area contributed by atoms with Crippen LogP contribution >= 0.6 is 0 Å². The molecule has 4 nitrogen and oxygen atoms in total. The lowest BCUT2D eigenvalue weighted by Crippen LogP contribution is -2.44. The van der Waals surface area contributed by atoms with Crippen molar-refractivity contribution < 1.29 is 9.90 Å². The molecule has 1 aromatic rings. The molecule has 0 aliphatic carbocycles. The van der Waals surface area contributed by atoms with Crippen LogP contribution in [0.3, 0.4) is 0 Å². The highest BCUT2D eigenvalue weighted by molar-refractivity contribution is 5.91. The van der Waals surface area contributed by atoms with Crippen LogP contribution in [0.4, 0.5) is 0 Å². The van der Waals surface area contributed by atoms with E-state index >= 15 is 0 Å². The van der Waals surface area contributed by atoms with Crippen LogP contribution < -0.4 is 15.9 Å². The van der Waals surface area contributed by atoms with Crippen molar-refractivity contribution in [1.29, 1.82) is 0 Å². The first kappa shape index (κ1) is 9.72. The summed E-state index contributed by atoms with van der Waals surface area (Å²) in [5, 5.41) is 12.8. The average Bonchev–Trinajstić information content (AvgIpc) is 2.38. The van der Waals surface area contributed by atoms with Crippen molar-refractivity contribution >= 4 is 17.9 Å². The Morgan fingerprint density at radius 1 is 1.24 bits per heavy atom. The fourth-order valence-corrected chi connectivity index (χ4v) is 1.95. The molecule has 0 aromatic heterocycles. The number of benzene rings is 1. The first-order valence-corrected chi connectivity index (χ1v) is 5.24. The Hall–Kier alpha value is -2.49. The summed E-state index contributed by atoms with van der Waals surface area (Å²) in [6.07, 6.45) is 6.85. The lowest BCUT2D eigenvalue weighted by molar-refractivity contribution is -0.132. The van der Waals surface area contributed by atoms with Crippen LogP contribution in [0.2, 0.25) is 0 Å². The standard InChI is InChI=1S/C13H10N2O2/c16-13(17)10-5-6-12-11-4-2-1-3-9(11)7-14-15(12)8-10/h1-8,14H,(H,16,17). The molecule has 2 N–H and O–H groups in total. The molecule has 84 valence electrons. The van der Waals surface area contributed by atoms with Gasteiger partial charge in [0, 0.05) is 22.8 Å². The van der Waals surface area contributed by atoms with Crippen LogP contribution in [0, 0.1) is 0 Å². The number of nitrogens with zero attached hydrogens (tertiary/aromatic N) is 1. The fourth-order valence-electron chi connectivity index (χ4n) is 1.95. The van der Waals surface area contributed by atoms with E-state index in [-0.39, 0.29) is 5.57 Å². The van der Waals surface area contributed by atoms with Gasteiger partial charge in [-0.05, 0) is 12.2 Å². The zero-order valence-electron chi connectivity index (χ0n) is 8.92. The minimum absolute atomic E-state index is 0.258. The summed E-state index contributed by atoms with van der Waals surface area (Å²) < 4.78 is 0. The highest BCUT2D eigenvalue weighted by Crippen LogP contribution is 2.15. The van der Waals surface area contributed by atoms with E-state index < -0.39 is 5.97 Å². The van der Waals surface area contributed by atoms with E-state index in [0.717, 1.165) is 16.1 Å². The largest absolute Gasteiger partial charge is 0.478 e. The SMILES string of the molecule is O=C(O)C1=CN2NC=c3ccccc3=C2C=C1. The Balaban J connectivity index is 2.20. The molecule has 4 heteroatoms. The van der Waals surface area contributed by atoms with Gasteiger partial charge in [0.1, 0.15) is 0 Å². The van der Waals surface area contributed by atoms with Gasteiger partial charge in [-0.2, -0.15) is 0 Å². The van der Waals surface area contributed by atoms with Crippen LogP contribution in [0.25, 0.3) is 11.9 Å². The minimum atomic E-state index is -0.930. The molecule has 2 aliphatic rings. The number of aliphatic carboxylic acids is 1. The van der Waals surface area contributed by atoms with Crippen molar-refractivity contribution in [1.82, 2.24) is 10.4 Å². The number of hydrogen-bond donors (Lipinski definition) is 2. The summed E-state index contributed by atoms with van der Waals surface area (Å²) in [7, 11) is 0. The summed E-state index contributed by atoms with van der Waals surface area (Å²) in [6.45, 7) is 0. The number of rotatable bonds is 1. The van der Waals surface area contributed by atoms with Gasteiger partial charge in [-0.1, -0.05) is 24.3 Å². The zero-order chi connectivity index (χ0) is 11.8. The summed E-state index contributed by atoms with van der Waals surface area (Å²) in [5.74, 6) is -0.930. The molecule has 0 bridgehead atoms. The Morgan fingerprint density at radius 3 is 2.88 bits per heavy atom. The molecule has 0 saturated carbocycles. The Labute approximate surface area is 97.5 Å². The van der Waals surface area contributed by atoms with E-state index in [4.69, 9.17) is 5.11 Å². The zero-order valence-corrected chi connectivity index (χ0v) is 8.92. The predicted molar refractivity (Wildman–Crippen MR) is 63.4 cm³/mol. The van der Waals surface area contributed by atoms with Gasteiger partial charge in [0.2, 0.25) is 0 Å². The van der Waals surface area contributed by atoms with Crippen molar-refractivity contribution in [2.75, 3.05) is 0 Å². The number of hydrazine groups is 1. The highest BCUT2D eigenvalue weighted by atomic mass is 16.4. The number of carboxylic acids is 1. The Kier molecular flexibility index (Phi) is 2.01. The van der Waals surface area contributed by atoms with Gasteiger partial charge >= 0.3 is 5.97 Å². The van der Waals surface area contributed by atoms with E-state index in [9.17, 15) is 4.79 Å². The molecular formula is C13H10N2O2. The molecule has 0 fully saturated rings. The van der Waals surface area contributed by atoms with Gasteiger partial charge in [-0.25, -0.2) is 4.79 Å². The second kappa shape index (κ2) is 3.52. The second-order valence-electron chi connectivity index (χ2n) is 3.84. The predicted octanol–water partition coefficient (Wildman–Crippen LogP) is -0.109. The van der Waals surface area contributed by atoms with Gasteiger partial charge < -0.3 is 10.5 Å². The normalized spacial score (nSPS) is 16.4. The number of nitrogens with one attached hydrogen (secondary N) is 1. The quantitative estimate of drug-likeness (QED) is 0.701. The van der Waals surface area contributed by atoms with Crippen LogP contribution in [0.1, 0.15) is 0 Å². The smallest absolute Gasteiger partial charge is 0.337 e. The third kappa shape index (κ3) is 1.50. The topological polar surface area (TPSA) is 52.6 Å². The average molecular weight is 226 g/mol. The lowest BCUT2D eigenvalue weighted by atomic mass is 10.1. The summed E-state index contributed by atoms with van der Waals surface area (Å²) in [5.41, 5.74) is 4.25. The molecule has 0 saturated heterocycles. The summed E-state index contributed by atoms with van der Waals surface area (Å²) in [4.78, 5) is 10.9. The van der Waals surface area contributed by atoms with Crippen molar-refractivity contribution in [3.8, 4) is 0 Å². The molecule has 2 aliphatic heterocycles. The number of fused-ring (bicyclic) bond motifs is 2. The van der Waals surface area contributed by atoms with Gasteiger partial charge in [0.15, 0.2) is 0 Å². The summed E-state index contributed by atoms with van der Waals surface area (Å²) >= 11 is 0. The first-order valence-electron chi connectivity index (χ1n) is 5.24. The van der Waals surface area contributed by atoms with Crippen LogP contribution in [-0.4, -0.2) is 16.1 Å². The van der Waals surface area contributed by atoms with Crippen molar-refractivity contribution in [3.63, 3.8) is 0 Å². The number of carbonyl (C=O) groups is 1. The van der Waals surface area contributed by atoms with Gasteiger partial charge in [0.25, 0.3) is 0 Å². The molecule has 0 spiro atoms. The molecule has 0 unspecified atom stereocenters. The highest BCUT2D eigenvalue weighted by Gasteiger charge is 2.16. The molecule has 2 heterocycles. The molecule has 0 amide bonds. The number of carboxylic acid groups (broad SMARTS) is 1. The van der Waals surface area contributed by atoms with E-state index in [1.807, 2.05) is 36.5 Å². The van der Waals surface area contributed by atoms with Gasteiger partial charge in [-0.15, -0.1) is 0 Å². The monoisotopic (exact) mass is 226 g/mol. The maximum Gasteiger partial charge on any atom is 0.337 e. The first-order chi connectivity index (χ1) is 8.25. The van der Waals surface area contributed by atoms with E-state index in [0.29, 0.717) is 0 Å². The minimum Gasteiger partial charge on any atom is -0.478 e. The third-order valence-electron chi connectivity index (χ3n) is 2.79. The van der Waals surface area contributed by atoms with Gasteiger partial charge in [0.05, 0.1) is 11.3 Å². The van der Waals surface area contributed by atoms with Crippen molar-refractivity contribution in [2.45, 2.75) is 0 Å². The molecule has 0 radical (unpaired) electrons.